The molecule has 1 atom stereocenters. The molecule has 1 aromatic rings. The second-order valence-electron chi connectivity index (χ2n) is 2.83. The fourth-order valence-electron chi connectivity index (χ4n) is 1.16. The molecule has 0 saturated heterocycles. The highest BCUT2D eigenvalue weighted by Crippen LogP contribution is 2.31. The zero-order valence-corrected chi connectivity index (χ0v) is 8.73. The predicted molar refractivity (Wildman–Crippen MR) is 53.0 cm³/mol. The maximum atomic E-state index is 10.4. The molecule has 6 heteroatoms. The Labute approximate surface area is 91.3 Å². The van der Waals surface area contributed by atoms with Crippen LogP contribution in [0.3, 0.4) is 0 Å². The molecule has 1 heterocycles. The van der Waals surface area contributed by atoms with Crippen LogP contribution < -0.4 is 4.74 Å². The third kappa shape index (κ3) is 2.81. The number of aliphatic hydroxyl groups excluding tert-OH is 1. The Morgan fingerprint density at radius 3 is 2.93 bits per heavy atom. The van der Waals surface area contributed by atoms with Gasteiger partial charge in [0.25, 0.3) is 0 Å². The van der Waals surface area contributed by atoms with Crippen LogP contribution in [-0.2, 0) is 4.79 Å². The van der Waals surface area contributed by atoms with Crippen molar-refractivity contribution in [1.82, 2.24) is 4.98 Å². The van der Waals surface area contributed by atoms with Crippen LogP contribution in [0.2, 0.25) is 5.02 Å². The lowest BCUT2D eigenvalue weighted by molar-refractivity contribution is -0.139. The van der Waals surface area contributed by atoms with Crippen molar-refractivity contribution in [2.75, 3.05) is 7.11 Å². The Morgan fingerprint density at radius 1 is 1.73 bits per heavy atom. The highest BCUT2D eigenvalue weighted by molar-refractivity contribution is 6.31. The van der Waals surface area contributed by atoms with E-state index in [1.807, 2.05) is 0 Å². The van der Waals surface area contributed by atoms with Gasteiger partial charge in [-0.25, -0.2) is 4.98 Å². The van der Waals surface area contributed by atoms with Gasteiger partial charge in [0.05, 0.1) is 30.2 Å². The summed E-state index contributed by atoms with van der Waals surface area (Å²) in [6.45, 7) is 0. The Morgan fingerprint density at radius 2 is 2.40 bits per heavy atom. The molecule has 0 aliphatic rings. The third-order valence-corrected chi connectivity index (χ3v) is 2.12. The van der Waals surface area contributed by atoms with Crippen LogP contribution in [0.5, 0.6) is 5.88 Å². The number of halogens is 1. The van der Waals surface area contributed by atoms with E-state index >= 15 is 0 Å². The first-order valence-electron chi connectivity index (χ1n) is 4.14. The van der Waals surface area contributed by atoms with Crippen LogP contribution in [0.4, 0.5) is 0 Å². The summed E-state index contributed by atoms with van der Waals surface area (Å²) in [6, 6.07) is 1.46. The second kappa shape index (κ2) is 4.95. The third-order valence-electron chi connectivity index (χ3n) is 1.79. The highest BCUT2D eigenvalue weighted by Gasteiger charge is 2.20. The van der Waals surface area contributed by atoms with E-state index in [4.69, 9.17) is 21.4 Å². The number of carboxylic acids is 1. The Balaban J connectivity index is 3.05. The number of nitrogens with zero attached hydrogens (tertiary/aromatic N) is 1. The molecule has 0 amide bonds. The van der Waals surface area contributed by atoms with Crippen molar-refractivity contribution in [2.45, 2.75) is 12.5 Å². The quantitative estimate of drug-likeness (QED) is 0.815. The van der Waals surface area contributed by atoms with E-state index in [1.165, 1.54) is 19.4 Å². The lowest BCUT2D eigenvalue weighted by Crippen LogP contribution is -2.08. The van der Waals surface area contributed by atoms with Gasteiger partial charge in [0, 0.05) is 6.20 Å². The Kier molecular flexibility index (Phi) is 3.88. The number of carbonyl (C=O) groups is 1. The van der Waals surface area contributed by atoms with Crippen LogP contribution in [0, 0.1) is 0 Å². The van der Waals surface area contributed by atoms with Gasteiger partial charge in [-0.15, -0.1) is 0 Å². The number of hydrogen-bond donors (Lipinski definition) is 2. The molecular weight excluding hydrogens is 222 g/mol. The second-order valence-corrected chi connectivity index (χ2v) is 3.24. The standard InChI is InChI=1S/C9H10ClNO4/c1-15-9-8(5(10)2-3-11-9)6(12)4-7(13)14/h2-3,6,12H,4H2,1H3,(H,13,14). The fourth-order valence-corrected chi connectivity index (χ4v) is 1.43. The molecule has 0 bridgehead atoms. The summed E-state index contributed by atoms with van der Waals surface area (Å²) in [5.74, 6) is -0.985. The van der Waals surface area contributed by atoms with E-state index in [1.54, 1.807) is 0 Å². The number of aliphatic carboxylic acids is 1. The summed E-state index contributed by atoms with van der Waals surface area (Å²) >= 11 is 5.81. The molecule has 2 N–H and O–H groups in total. The molecule has 5 nitrogen and oxygen atoms in total. The molecular formula is C9H10ClNO4. The summed E-state index contributed by atoms with van der Waals surface area (Å²) < 4.78 is 4.88. The minimum atomic E-state index is -1.22. The van der Waals surface area contributed by atoms with Gasteiger partial charge in [0.15, 0.2) is 0 Å². The first kappa shape index (κ1) is 11.7. The first-order valence-corrected chi connectivity index (χ1v) is 4.52. The summed E-state index contributed by atoms with van der Waals surface area (Å²) in [4.78, 5) is 14.3. The lowest BCUT2D eigenvalue weighted by Gasteiger charge is -2.13. The van der Waals surface area contributed by atoms with Crippen molar-refractivity contribution >= 4 is 17.6 Å². The number of ether oxygens (including phenoxy) is 1. The fraction of sp³-hybridized carbons (Fsp3) is 0.333. The molecule has 0 saturated carbocycles. The molecule has 0 spiro atoms. The zero-order chi connectivity index (χ0) is 11.4. The number of rotatable bonds is 4. The van der Waals surface area contributed by atoms with Gasteiger partial charge >= 0.3 is 5.97 Å². The largest absolute Gasteiger partial charge is 0.481 e. The highest BCUT2D eigenvalue weighted by atomic mass is 35.5. The van der Waals surface area contributed by atoms with E-state index in [9.17, 15) is 9.90 Å². The van der Waals surface area contributed by atoms with Crippen LogP contribution >= 0.6 is 11.6 Å². The van der Waals surface area contributed by atoms with Crippen molar-refractivity contribution in [3.8, 4) is 5.88 Å². The molecule has 15 heavy (non-hydrogen) atoms. The number of pyridine rings is 1. The average Bonchev–Trinajstić information content (AvgIpc) is 2.15. The van der Waals surface area contributed by atoms with E-state index < -0.39 is 18.5 Å². The Hall–Kier alpha value is -1.33. The normalized spacial score (nSPS) is 12.2. The van der Waals surface area contributed by atoms with Gasteiger partial charge in [0.2, 0.25) is 5.88 Å². The van der Waals surface area contributed by atoms with E-state index in [0.29, 0.717) is 0 Å². The van der Waals surface area contributed by atoms with Crippen molar-refractivity contribution < 1.29 is 19.7 Å². The van der Waals surface area contributed by atoms with Crippen molar-refractivity contribution in [3.63, 3.8) is 0 Å². The number of methoxy groups -OCH3 is 1. The van der Waals surface area contributed by atoms with Crippen molar-refractivity contribution in [2.24, 2.45) is 0 Å². The predicted octanol–water partition coefficient (Wildman–Crippen LogP) is 1.25. The summed E-state index contributed by atoms with van der Waals surface area (Å²) in [5, 5.41) is 18.4. The SMILES string of the molecule is COc1nccc(Cl)c1C(O)CC(=O)O. The minimum absolute atomic E-state index is 0.135. The molecule has 1 rings (SSSR count). The molecule has 82 valence electrons. The van der Waals surface area contributed by atoms with Crippen molar-refractivity contribution in [1.29, 1.82) is 0 Å². The Bertz CT molecular complexity index is 369. The maximum Gasteiger partial charge on any atom is 0.306 e. The monoisotopic (exact) mass is 231 g/mol. The van der Waals surface area contributed by atoms with E-state index in [0.717, 1.165) is 0 Å². The van der Waals surface area contributed by atoms with Crippen LogP contribution in [0.1, 0.15) is 18.1 Å². The van der Waals surface area contributed by atoms with Gasteiger partial charge in [-0.05, 0) is 6.07 Å². The minimum Gasteiger partial charge on any atom is -0.481 e. The lowest BCUT2D eigenvalue weighted by atomic mass is 10.1. The molecule has 0 aromatic carbocycles. The summed E-state index contributed by atoms with van der Waals surface area (Å²) in [7, 11) is 1.37. The van der Waals surface area contributed by atoms with Gasteiger partial charge in [-0.3, -0.25) is 4.79 Å². The number of aliphatic hydroxyl groups is 1. The number of hydrogen-bond acceptors (Lipinski definition) is 4. The van der Waals surface area contributed by atoms with Gasteiger partial charge in [-0.1, -0.05) is 11.6 Å². The molecule has 0 fully saturated rings. The smallest absolute Gasteiger partial charge is 0.306 e. The van der Waals surface area contributed by atoms with Crippen LogP contribution in [-0.4, -0.2) is 28.3 Å². The average molecular weight is 232 g/mol. The summed E-state index contributed by atoms with van der Waals surface area (Å²) in [5.41, 5.74) is 0.198. The van der Waals surface area contributed by atoms with E-state index in [-0.39, 0.29) is 16.5 Å². The number of aromatic nitrogens is 1. The van der Waals surface area contributed by atoms with Crippen molar-refractivity contribution in [3.05, 3.63) is 22.8 Å². The van der Waals surface area contributed by atoms with Crippen LogP contribution in [0.15, 0.2) is 12.3 Å². The molecule has 0 radical (unpaired) electrons. The molecule has 0 aliphatic carbocycles. The van der Waals surface area contributed by atoms with Crippen LogP contribution in [0.25, 0.3) is 0 Å². The zero-order valence-electron chi connectivity index (χ0n) is 7.98. The molecule has 1 aromatic heterocycles. The maximum absolute atomic E-state index is 10.4. The topological polar surface area (TPSA) is 79.7 Å². The molecule has 0 aliphatic heterocycles. The van der Waals surface area contributed by atoms with Gasteiger partial charge < -0.3 is 14.9 Å². The molecule has 1 unspecified atom stereocenters. The van der Waals surface area contributed by atoms with E-state index in [2.05, 4.69) is 4.98 Å². The number of carboxylic acid groups (broad SMARTS) is 1. The summed E-state index contributed by atoms with van der Waals surface area (Å²) in [6.07, 6.45) is -0.251. The first-order chi connectivity index (χ1) is 7.06. The van der Waals surface area contributed by atoms with Gasteiger partial charge in [-0.2, -0.15) is 0 Å². The van der Waals surface area contributed by atoms with Gasteiger partial charge in [0.1, 0.15) is 0 Å².